The summed E-state index contributed by atoms with van der Waals surface area (Å²) in [6.07, 6.45) is 0.451. The predicted molar refractivity (Wildman–Crippen MR) is 126 cm³/mol. The van der Waals surface area contributed by atoms with Crippen LogP contribution >= 0.6 is 11.6 Å². The summed E-state index contributed by atoms with van der Waals surface area (Å²) in [6, 6.07) is 7.48. The van der Waals surface area contributed by atoms with E-state index in [9.17, 15) is 18.8 Å². The van der Waals surface area contributed by atoms with Crippen LogP contribution in [-0.4, -0.2) is 59.7 Å². The van der Waals surface area contributed by atoms with Crippen LogP contribution in [0.3, 0.4) is 0 Å². The average Bonchev–Trinajstić information content (AvgIpc) is 3.12. The average molecular weight is 486 g/mol. The van der Waals surface area contributed by atoms with Crippen molar-refractivity contribution in [2.24, 2.45) is 0 Å². The van der Waals surface area contributed by atoms with Gasteiger partial charge in [-0.05, 0) is 36.2 Å². The number of nitrogens with zero attached hydrogens (tertiary/aromatic N) is 3. The second kappa shape index (κ2) is 8.88. The number of piperazine rings is 1. The standard InChI is InChI=1S/C24H25ClFN5O3/c25-15-2-1-14(19(27)9-15)12-29-5-7-30(8-6-29)21-11-16(26)10-17-18(21)13-31(24(17)34)20-3-4-22(32)28-23(20)33/h1-2,9-11,20H,3-8,12-13,27H2,(H,28,32,33). The topological polar surface area (TPSA) is 99.0 Å². The molecule has 0 bridgehead atoms. The molecule has 8 nitrogen and oxygen atoms in total. The number of hydrogen-bond acceptors (Lipinski definition) is 6. The van der Waals surface area contributed by atoms with Gasteiger partial charge in [0.2, 0.25) is 11.8 Å². The van der Waals surface area contributed by atoms with Crippen LogP contribution in [0.4, 0.5) is 15.8 Å². The van der Waals surface area contributed by atoms with Gasteiger partial charge in [0.25, 0.3) is 5.91 Å². The minimum atomic E-state index is -0.727. The van der Waals surface area contributed by atoms with Gasteiger partial charge in [0.1, 0.15) is 11.9 Å². The maximum atomic E-state index is 14.5. The third kappa shape index (κ3) is 4.21. The summed E-state index contributed by atoms with van der Waals surface area (Å²) in [5.41, 5.74) is 9.46. The molecule has 2 aromatic carbocycles. The monoisotopic (exact) mass is 485 g/mol. The predicted octanol–water partition coefficient (Wildman–Crippen LogP) is 2.14. The van der Waals surface area contributed by atoms with Crippen LogP contribution in [0.25, 0.3) is 0 Å². The van der Waals surface area contributed by atoms with Gasteiger partial charge in [0.15, 0.2) is 0 Å². The number of imide groups is 1. The molecule has 2 aromatic rings. The van der Waals surface area contributed by atoms with E-state index in [0.29, 0.717) is 36.0 Å². The molecular formula is C24H25ClFN5O3. The fraction of sp³-hybridized carbons (Fsp3) is 0.375. The number of fused-ring (bicyclic) bond motifs is 1. The van der Waals surface area contributed by atoms with Gasteiger partial charge in [-0.2, -0.15) is 0 Å². The lowest BCUT2D eigenvalue weighted by atomic mass is 10.0. The van der Waals surface area contributed by atoms with Crippen LogP contribution in [0, 0.1) is 5.82 Å². The van der Waals surface area contributed by atoms with Crippen LogP contribution in [0.15, 0.2) is 30.3 Å². The molecule has 0 spiro atoms. The van der Waals surface area contributed by atoms with E-state index >= 15 is 0 Å². The molecule has 1 unspecified atom stereocenters. The van der Waals surface area contributed by atoms with Crippen molar-refractivity contribution >= 4 is 40.7 Å². The number of carbonyl (C=O) groups excluding carboxylic acids is 3. The van der Waals surface area contributed by atoms with Crippen molar-refractivity contribution in [1.82, 2.24) is 15.1 Å². The van der Waals surface area contributed by atoms with Crippen LogP contribution < -0.4 is 16.0 Å². The molecule has 0 radical (unpaired) electrons. The van der Waals surface area contributed by atoms with Crippen molar-refractivity contribution in [3.63, 3.8) is 0 Å². The molecule has 2 fully saturated rings. The quantitative estimate of drug-likeness (QED) is 0.508. The van der Waals surface area contributed by atoms with Crippen LogP contribution in [-0.2, 0) is 22.7 Å². The van der Waals surface area contributed by atoms with Gasteiger partial charge in [-0.15, -0.1) is 0 Å². The zero-order valence-electron chi connectivity index (χ0n) is 18.5. The van der Waals surface area contributed by atoms with Gasteiger partial charge in [0.05, 0.1) is 0 Å². The highest BCUT2D eigenvalue weighted by atomic mass is 35.5. The van der Waals surface area contributed by atoms with Crippen molar-refractivity contribution in [3.05, 3.63) is 57.9 Å². The van der Waals surface area contributed by atoms with Crippen molar-refractivity contribution in [3.8, 4) is 0 Å². The number of amides is 3. The van der Waals surface area contributed by atoms with E-state index in [0.717, 1.165) is 24.2 Å². The number of anilines is 2. The minimum Gasteiger partial charge on any atom is -0.398 e. The molecule has 3 aliphatic heterocycles. The molecule has 10 heteroatoms. The van der Waals surface area contributed by atoms with E-state index in [1.54, 1.807) is 6.07 Å². The Labute approximate surface area is 201 Å². The zero-order chi connectivity index (χ0) is 24.0. The van der Waals surface area contributed by atoms with Crippen molar-refractivity contribution in [2.75, 3.05) is 36.8 Å². The summed E-state index contributed by atoms with van der Waals surface area (Å²) in [5, 5.41) is 2.90. The first-order valence-electron chi connectivity index (χ1n) is 11.3. The Balaban J connectivity index is 1.31. The smallest absolute Gasteiger partial charge is 0.255 e. The van der Waals surface area contributed by atoms with Crippen LogP contribution in [0.2, 0.25) is 5.02 Å². The van der Waals surface area contributed by atoms with Crippen LogP contribution in [0.5, 0.6) is 0 Å². The van der Waals surface area contributed by atoms with E-state index in [1.165, 1.54) is 17.0 Å². The Hall–Kier alpha value is -3.17. The molecular weight excluding hydrogens is 461 g/mol. The van der Waals surface area contributed by atoms with Gasteiger partial charge in [0, 0.05) is 73.2 Å². The third-order valence-corrected chi connectivity index (χ3v) is 7.05. The van der Waals surface area contributed by atoms with Gasteiger partial charge < -0.3 is 15.5 Å². The molecule has 5 rings (SSSR count). The second-order valence-electron chi connectivity index (χ2n) is 8.96. The van der Waals surface area contributed by atoms with E-state index in [-0.39, 0.29) is 36.8 Å². The fourth-order valence-electron chi connectivity index (χ4n) is 4.99. The highest BCUT2D eigenvalue weighted by Crippen LogP contribution is 2.35. The summed E-state index contributed by atoms with van der Waals surface area (Å²) < 4.78 is 14.5. The number of nitrogens with two attached hydrogens (primary N) is 1. The Morgan fingerprint density at radius 3 is 2.56 bits per heavy atom. The molecule has 3 N–H and O–H groups in total. The summed E-state index contributed by atoms with van der Waals surface area (Å²) in [6.45, 7) is 3.74. The Morgan fingerprint density at radius 2 is 1.85 bits per heavy atom. The largest absolute Gasteiger partial charge is 0.398 e. The number of benzene rings is 2. The highest BCUT2D eigenvalue weighted by molar-refractivity contribution is 6.30. The number of piperidine rings is 1. The SMILES string of the molecule is Nc1cc(Cl)ccc1CN1CCN(c2cc(F)cc3c2CN(C2CCC(=O)NC2=O)C3=O)CC1. The number of rotatable bonds is 4. The molecule has 0 aromatic heterocycles. The number of nitrogen functional groups attached to an aromatic ring is 1. The third-order valence-electron chi connectivity index (χ3n) is 6.81. The van der Waals surface area contributed by atoms with E-state index in [2.05, 4.69) is 15.1 Å². The molecule has 2 saturated heterocycles. The molecule has 3 heterocycles. The van der Waals surface area contributed by atoms with E-state index in [1.807, 2.05) is 12.1 Å². The maximum Gasteiger partial charge on any atom is 0.255 e. The Morgan fingerprint density at radius 1 is 1.09 bits per heavy atom. The van der Waals surface area contributed by atoms with Crippen molar-refractivity contribution in [2.45, 2.75) is 32.0 Å². The van der Waals surface area contributed by atoms with Crippen LogP contribution in [0.1, 0.15) is 34.3 Å². The number of nitrogens with one attached hydrogen (secondary N) is 1. The van der Waals surface area contributed by atoms with Gasteiger partial charge in [-0.3, -0.25) is 24.6 Å². The first-order chi connectivity index (χ1) is 16.3. The summed E-state index contributed by atoms with van der Waals surface area (Å²) >= 11 is 5.99. The first kappa shape index (κ1) is 22.6. The number of carbonyl (C=O) groups is 3. The van der Waals surface area contributed by atoms with E-state index < -0.39 is 17.8 Å². The zero-order valence-corrected chi connectivity index (χ0v) is 19.3. The fourth-order valence-corrected chi connectivity index (χ4v) is 5.17. The maximum absolute atomic E-state index is 14.5. The molecule has 3 amide bonds. The normalized spacial score (nSPS) is 21.1. The summed E-state index contributed by atoms with van der Waals surface area (Å²) in [5.74, 6) is -1.67. The summed E-state index contributed by atoms with van der Waals surface area (Å²) in [4.78, 5) is 42.7. The molecule has 3 aliphatic rings. The molecule has 1 atom stereocenters. The van der Waals surface area contributed by atoms with Gasteiger partial charge in [-0.25, -0.2) is 4.39 Å². The second-order valence-corrected chi connectivity index (χ2v) is 9.39. The van der Waals surface area contributed by atoms with Crippen molar-refractivity contribution in [1.29, 1.82) is 0 Å². The summed E-state index contributed by atoms with van der Waals surface area (Å²) in [7, 11) is 0. The lowest BCUT2D eigenvalue weighted by Crippen LogP contribution is -2.52. The molecule has 0 aliphatic carbocycles. The van der Waals surface area contributed by atoms with Gasteiger partial charge >= 0.3 is 0 Å². The number of halogens is 2. The molecule has 0 saturated carbocycles. The number of hydrogen-bond donors (Lipinski definition) is 2. The lowest BCUT2D eigenvalue weighted by Gasteiger charge is -2.37. The molecule has 34 heavy (non-hydrogen) atoms. The van der Waals surface area contributed by atoms with Gasteiger partial charge in [-0.1, -0.05) is 17.7 Å². The minimum absolute atomic E-state index is 0.178. The highest BCUT2D eigenvalue weighted by Gasteiger charge is 2.41. The molecule has 178 valence electrons. The van der Waals surface area contributed by atoms with E-state index in [4.69, 9.17) is 17.3 Å². The lowest BCUT2D eigenvalue weighted by molar-refractivity contribution is -0.136. The van der Waals surface area contributed by atoms with Crippen molar-refractivity contribution < 1.29 is 18.8 Å². The Kier molecular flexibility index (Phi) is 5.91. The first-order valence-corrected chi connectivity index (χ1v) is 11.7. The Bertz CT molecular complexity index is 1180.